The largest absolute Gasteiger partial charge is 0.300 e. The van der Waals surface area contributed by atoms with Crippen molar-refractivity contribution in [3.8, 4) is 28.1 Å². The summed E-state index contributed by atoms with van der Waals surface area (Å²) >= 11 is 5.93. The molecular formula is C27H19NS. The topological polar surface area (TPSA) is 4.93 Å². The number of fused-ring (bicyclic) bond motifs is 1. The first kappa shape index (κ1) is 17.6. The van der Waals surface area contributed by atoms with Gasteiger partial charge in [-0.15, -0.1) is 0 Å². The van der Waals surface area contributed by atoms with Gasteiger partial charge in [0.05, 0.1) is 11.4 Å². The van der Waals surface area contributed by atoms with E-state index in [1.807, 2.05) is 12.1 Å². The third-order valence-electron chi connectivity index (χ3n) is 5.22. The molecule has 5 rings (SSSR count). The van der Waals surface area contributed by atoms with E-state index in [-0.39, 0.29) is 0 Å². The lowest BCUT2D eigenvalue weighted by atomic mass is 10.0. The molecule has 0 radical (unpaired) electrons. The van der Waals surface area contributed by atoms with E-state index in [1.165, 1.54) is 16.3 Å². The Morgan fingerprint density at radius 3 is 1.90 bits per heavy atom. The first-order valence-electron chi connectivity index (χ1n) is 9.67. The Balaban J connectivity index is 1.85. The second-order valence-electron chi connectivity index (χ2n) is 7.03. The molecule has 2 heteroatoms. The fourth-order valence-electron chi connectivity index (χ4n) is 3.84. The molecule has 138 valence electrons. The van der Waals surface area contributed by atoms with Crippen molar-refractivity contribution in [2.75, 3.05) is 0 Å². The summed E-state index contributed by atoms with van der Waals surface area (Å²) in [4.78, 5) is 0. The number of aromatic nitrogens is 1. The quantitative estimate of drug-likeness (QED) is 0.286. The molecule has 4 aromatic carbocycles. The highest BCUT2D eigenvalue weighted by atomic mass is 32.1. The zero-order chi connectivity index (χ0) is 19.6. The molecule has 1 nitrogen and oxygen atoms in total. The van der Waals surface area contributed by atoms with Gasteiger partial charge in [0.2, 0.25) is 0 Å². The fraction of sp³-hybridized carbons (Fsp3) is 0. The van der Waals surface area contributed by atoms with Crippen molar-refractivity contribution in [1.29, 1.82) is 0 Å². The van der Waals surface area contributed by atoms with Crippen LogP contribution in [0.2, 0.25) is 0 Å². The number of nitrogens with zero attached hydrogens (tertiary/aromatic N) is 1. The normalized spacial score (nSPS) is 10.9. The van der Waals surface area contributed by atoms with E-state index in [2.05, 4.69) is 108 Å². The van der Waals surface area contributed by atoms with E-state index in [9.17, 15) is 0 Å². The molecule has 0 aliphatic carbocycles. The average Bonchev–Trinajstić information content (AvgIpc) is 2.79. The van der Waals surface area contributed by atoms with Crippen LogP contribution in [0.1, 0.15) is 0 Å². The van der Waals surface area contributed by atoms with Gasteiger partial charge >= 0.3 is 0 Å². The summed E-state index contributed by atoms with van der Waals surface area (Å²) in [6.45, 7) is 0. The van der Waals surface area contributed by atoms with Gasteiger partial charge in [-0.1, -0.05) is 109 Å². The highest BCUT2D eigenvalue weighted by molar-refractivity contribution is 7.71. The number of benzene rings is 4. The third kappa shape index (κ3) is 3.28. The molecule has 5 aromatic rings. The van der Waals surface area contributed by atoms with Gasteiger partial charge in [0.1, 0.15) is 4.64 Å². The van der Waals surface area contributed by atoms with Crippen molar-refractivity contribution >= 4 is 23.0 Å². The minimum atomic E-state index is 0.793. The van der Waals surface area contributed by atoms with E-state index < -0.39 is 0 Å². The Hall–Kier alpha value is -3.49. The van der Waals surface area contributed by atoms with Crippen molar-refractivity contribution < 1.29 is 0 Å². The third-order valence-corrected chi connectivity index (χ3v) is 5.52. The molecule has 0 atom stereocenters. The average molecular weight is 390 g/mol. The van der Waals surface area contributed by atoms with Gasteiger partial charge in [-0.2, -0.15) is 0 Å². The number of pyridine rings is 1. The molecule has 1 heterocycles. The Kier molecular flexibility index (Phi) is 4.55. The molecule has 0 amide bonds. The van der Waals surface area contributed by atoms with Crippen LogP contribution in [0.5, 0.6) is 0 Å². The van der Waals surface area contributed by atoms with Gasteiger partial charge in [-0.3, -0.25) is 4.57 Å². The monoisotopic (exact) mass is 389 g/mol. The Bertz CT molecular complexity index is 1350. The predicted octanol–water partition coefficient (Wildman–Crippen LogP) is 7.69. The lowest BCUT2D eigenvalue weighted by Crippen LogP contribution is -2.03. The summed E-state index contributed by atoms with van der Waals surface area (Å²) in [5.74, 6) is 0. The van der Waals surface area contributed by atoms with Crippen LogP contribution in [0.15, 0.2) is 115 Å². The molecule has 0 unspecified atom stereocenters. The molecule has 0 aliphatic heterocycles. The van der Waals surface area contributed by atoms with Gasteiger partial charge < -0.3 is 0 Å². The van der Waals surface area contributed by atoms with E-state index in [4.69, 9.17) is 12.2 Å². The van der Waals surface area contributed by atoms with Gasteiger partial charge in [0, 0.05) is 5.39 Å². The molecule has 0 aliphatic rings. The summed E-state index contributed by atoms with van der Waals surface area (Å²) in [5, 5.41) is 2.40. The van der Waals surface area contributed by atoms with Crippen LogP contribution < -0.4 is 0 Å². The Morgan fingerprint density at radius 2 is 1.14 bits per heavy atom. The van der Waals surface area contributed by atoms with Crippen molar-refractivity contribution in [3.63, 3.8) is 0 Å². The smallest absolute Gasteiger partial charge is 0.111 e. The molecule has 0 saturated carbocycles. The molecule has 29 heavy (non-hydrogen) atoms. The molecule has 0 saturated heterocycles. The van der Waals surface area contributed by atoms with Crippen LogP contribution >= 0.6 is 12.2 Å². The summed E-state index contributed by atoms with van der Waals surface area (Å²) < 4.78 is 2.99. The maximum Gasteiger partial charge on any atom is 0.111 e. The first-order valence-corrected chi connectivity index (χ1v) is 10.1. The zero-order valence-corrected chi connectivity index (χ0v) is 16.6. The molecule has 0 spiro atoms. The second kappa shape index (κ2) is 7.50. The predicted molar refractivity (Wildman–Crippen MR) is 125 cm³/mol. The van der Waals surface area contributed by atoms with Crippen LogP contribution in [-0.2, 0) is 0 Å². The summed E-state index contributed by atoms with van der Waals surface area (Å²) in [6.07, 6.45) is 0. The summed E-state index contributed by atoms with van der Waals surface area (Å²) in [7, 11) is 0. The maximum atomic E-state index is 5.93. The zero-order valence-electron chi connectivity index (χ0n) is 15.8. The van der Waals surface area contributed by atoms with Crippen molar-refractivity contribution in [1.82, 2.24) is 4.57 Å². The van der Waals surface area contributed by atoms with Crippen molar-refractivity contribution in [3.05, 3.63) is 120 Å². The van der Waals surface area contributed by atoms with Crippen LogP contribution in [-0.4, -0.2) is 4.57 Å². The van der Waals surface area contributed by atoms with E-state index >= 15 is 0 Å². The van der Waals surface area contributed by atoms with Crippen LogP contribution in [0.3, 0.4) is 0 Å². The number of hydrogen-bond acceptors (Lipinski definition) is 1. The number of hydrogen-bond donors (Lipinski definition) is 0. The Morgan fingerprint density at radius 1 is 0.517 bits per heavy atom. The fourth-order valence-corrected chi connectivity index (χ4v) is 4.16. The minimum absolute atomic E-state index is 0.793. The second-order valence-corrected chi connectivity index (χ2v) is 7.45. The van der Waals surface area contributed by atoms with Gasteiger partial charge in [-0.25, -0.2) is 0 Å². The lowest BCUT2D eigenvalue weighted by Gasteiger charge is -2.18. The minimum Gasteiger partial charge on any atom is -0.300 e. The van der Waals surface area contributed by atoms with Crippen LogP contribution in [0.4, 0.5) is 0 Å². The summed E-state index contributed by atoms with van der Waals surface area (Å²) in [6, 6.07) is 40.0. The van der Waals surface area contributed by atoms with Gasteiger partial charge in [0.15, 0.2) is 0 Å². The SMILES string of the molecule is S=c1cc(-c2ccccc2)cc(-c2ccccc2)n1-c1cccc2ccccc12. The molecule has 0 N–H and O–H groups in total. The lowest BCUT2D eigenvalue weighted by molar-refractivity contribution is 1.05. The molecule has 0 bridgehead atoms. The van der Waals surface area contributed by atoms with E-state index in [0.717, 1.165) is 27.1 Å². The van der Waals surface area contributed by atoms with E-state index in [0.29, 0.717) is 0 Å². The first-order chi connectivity index (χ1) is 14.3. The van der Waals surface area contributed by atoms with Crippen LogP contribution in [0, 0.1) is 4.64 Å². The highest BCUT2D eigenvalue weighted by Gasteiger charge is 2.12. The summed E-state index contributed by atoms with van der Waals surface area (Å²) in [5.41, 5.74) is 5.64. The van der Waals surface area contributed by atoms with E-state index in [1.54, 1.807) is 0 Å². The van der Waals surface area contributed by atoms with Crippen molar-refractivity contribution in [2.24, 2.45) is 0 Å². The molecule has 1 aromatic heterocycles. The molecular weight excluding hydrogens is 370 g/mol. The highest BCUT2D eigenvalue weighted by Crippen LogP contribution is 2.32. The maximum absolute atomic E-state index is 5.93. The Labute approximate surface area is 175 Å². The standard InChI is InChI=1S/C27H19NS/c29-27-19-23(20-10-3-1-4-11-20)18-26(22-13-5-2-6-14-22)28(27)25-17-9-15-21-12-7-8-16-24(21)25/h1-19H. The number of rotatable bonds is 3. The van der Waals surface area contributed by atoms with Gasteiger partial charge in [-0.05, 0) is 40.3 Å². The van der Waals surface area contributed by atoms with Gasteiger partial charge in [0.25, 0.3) is 0 Å². The van der Waals surface area contributed by atoms with Crippen LogP contribution in [0.25, 0.3) is 38.8 Å². The molecule has 0 fully saturated rings. The van der Waals surface area contributed by atoms with Crippen molar-refractivity contribution in [2.45, 2.75) is 0 Å².